The minimum atomic E-state index is 0.572. The van der Waals surface area contributed by atoms with Gasteiger partial charge in [-0.25, -0.2) is 0 Å². The van der Waals surface area contributed by atoms with E-state index < -0.39 is 0 Å². The summed E-state index contributed by atoms with van der Waals surface area (Å²) in [4.78, 5) is 2.23. The van der Waals surface area contributed by atoms with E-state index in [2.05, 4.69) is 61.1 Å². The first-order chi connectivity index (χ1) is 7.63. The molecule has 0 saturated carbocycles. The normalized spacial score (nSPS) is 13.3. The average Bonchev–Trinajstić information content (AvgIpc) is 2.70. The lowest BCUT2D eigenvalue weighted by atomic mass is 10.2. The minimum Gasteiger partial charge on any atom is -0.351 e. The fraction of sp³-hybridized carbons (Fsp3) is 0.692. The van der Waals surface area contributed by atoms with E-state index in [1.165, 1.54) is 12.1 Å². The maximum Gasteiger partial charge on any atom is 0.0361 e. The molecular weight excluding hydrogens is 198 g/mol. The first-order valence-corrected chi connectivity index (χ1v) is 6.15. The summed E-state index contributed by atoms with van der Waals surface area (Å²) in [5, 5.41) is 3.57. The van der Waals surface area contributed by atoms with Crippen LogP contribution in [-0.4, -0.2) is 36.1 Å². The van der Waals surface area contributed by atoms with Gasteiger partial charge in [-0.2, -0.15) is 0 Å². The van der Waals surface area contributed by atoms with Crippen molar-refractivity contribution in [2.24, 2.45) is 0 Å². The van der Waals surface area contributed by atoms with Crippen molar-refractivity contribution >= 4 is 0 Å². The third-order valence-corrected chi connectivity index (χ3v) is 2.91. The highest BCUT2D eigenvalue weighted by molar-refractivity contribution is 5.06. The van der Waals surface area contributed by atoms with Crippen molar-refractivity contribution in [1.82, 2.24) is 14.8 Å². The molecule has 1 N–H and O–H groups in total. The van der Waals surface area contributed by atoms with E-state index in [9.17, 15) is 0 Å². The molecule has 1 aromatic rings. The second-order valence-corrected chi connectivity index (χ2v) is 4.66. The molecule has 3 nitrogen and oxygen atoms in total. The summed E-state index contributed by atoms with van der Waals surface area (Å²) >= 11 is 0. The van der Waals surface area contributed by atoms with Gasteiger partial charge < -0.3 is 14.8 Å². The summed E-state index contributed by atoms with van der Waals surface area (Å²) in [5.41, 5.74) is 1.37. The number of aromatic nitrogens is 1. The van der Waals surface area contributed by atoms with Crippen molar-refractivity contribution in [3.05, 3.63) is 24.0 Å². The Labute approximate surface area is 99.4 Å². The highest BCUT2D eigenvalue weighted by Crippen LogP contribution is 2.03. The number of nitrogens with zero attached hydrogens (tertiary/aromatic N) is 2. The van der Waals surface area contributed by atoms with Gasteiger partial charge in [-0.15, -0.1) is 0 Å². The molecule has 1 aromatic heterocycles. The summed E-state index contributed by atoms with van der Waals surface area (Å²) in [5.74, 6) is 0. The largest absolute Gasteiger partial charge is 0.351 e. The lowest BCUT2D eigenvalue weighted by Gasteiger charge is -2.17. The van der Waals surface area contributed by atoms with Gasteiger partial charge >= 0.3 is 0 Å². The number of aryl methyl sites for hydroxylation is 1. The van der Waals surface area contributed by atoms with Gasteiger partial charge in [-0.3, -0.25) is 0 Å². The monoisotopic (exact) mass is 223 g/mol. The van der Waals surface area contributed by atoms with E-state index >= 15 is 0 Å². The maximum atomic E-state index is 3.57. The number of hydrogen-bond acceptors (Lipinski definition) is 2. The van der Waals surface area contributed by atoms with Gasteiger partial charge in [0.25, 0.3) is 0 Å². The highest BCUT2D eigenvalue weighted by Gasteiger charge is 2.04. The first-order valence-electron chi connectivity index (χ1n) is 6.15. The molecule has 0 saturated heterocycles. The molecule has 0 radical (unpaired) electrons. The fourth-order valence-electron chi connectivity index (χ4n) is 1.75. The molecule has 92 valence electrons. The van der Waals surface area contributed by atoms with Crippen LogP contribution in [0.3, 0.4) is 0 Å². The number of hydrogen-bond donors (Lipinski definition) is 1. The summed E-state index contributed by atoms with van der Waals surface area (Å²) in [6.45, 7) is 7.59. The van der Waals surface area contributed by atoms with Gasteiger partial charge in [0, 0.05) is 31.0 Å². The van der Waals surface area contributed by atoms with E-state index in [4.69, 9.17) is 0 Å². The Bertz CT molecular complexity index is 291. The molecule has 0 spiro atoms. The molecule has 0 fully saturated rings. The molecule has 0 aromatic carbocycles. The van der Waals surface area contributed by atoms with Crippen LogP contribution in [0, 0.1) is 0 Å². The summed E-state index contributed by atoms with van der Waals surface area (Å²) < 4.78 is 2.28. The molecule has 0 aliphatic rings. The van der Waals surface area contributed by atoms with Crippen molar-refractivity contribution in [3.8, 4) is 0 Å². The number of nitrogens with one attached hydrogen (secondary N) is 1. The maximum absolute atomic E-state index is 3.57. The van der Waals surface area contributed by atoms with Crippen molar-refractivity contribution in [2.75, 3.05) is 20.6 Å². The van der Waals surface area contributed by atoms with Gasteiger partial charge in [0.2, 0.25) is 0 Å². The Morgan fingerprint density at radius 2 is 2.19 bits per heavy atom. The fourth-order valence-corrected chi connectivity index (χ4v) is 1.75. The zero-order chi connectivity index (χ0) is 12.0. The molecule has 0 amide bonds. The predicted molar refractivity (Wildman–Crippen MR) is 69.6 cm³/mol. The smallest absolute Gasteiger partial charge is 0.0361 e. The van der Waals surface area contributed by atoms with Crippen molar-refractivity contribution in [1.29, 1.82) is 0 Å². The molecule has 0 aliphatic carbocycles. The summed E-state index contributed by atoms with van der Waals surface area (Å²) in [7, 11) is 4.24. The van der Waals surface area contributed by atoms with Gasteiger partial charge in [0.1, 0.15) is 0 Å². The SMILES string of the molecule is CCn1cccc1CNC(C)CCN(C)C. The molecule has 1 heterocycles. The molecular formula is C13H25N3. The van der Waals surface area contributed by atoms with E-state index in [1.54, 1.807) is 0 Å². The van der Waals surface area contributed by atoms with Gasteiger partial charge in [0.05, 0.1) is 0 Å². The summed E-state index contributed by atoms with van der Waals surface area (Å²) in [6.07, 6.45) is 3.33. The molecule has 1 rings (SSSR count). The lowest BCUT2D eigenvalue weighted by molar-refractivity contribution is 0.364. The standard InChI is InChI=1S/C13H25N3/c1-5-16-9-6-7-13(16)11-14-12(2)8-10-15(3)4/h6-7,9,12,14H,5,8,10-11H2,1-4H3. The molecule has 3 heteroatoms. The quantitative estimate of drug-likeness (QED) is 0.762. The van der Waals surface area contributed by atoms with Crippen LogP contribution < -0.4 is 5.32 Å². The van der Waals surface area contributed by atoms with Crippen LogP contribution in [0.4, 0.5) is 0 Å². The predicted octanol–water partition coefficient (Wildman–Crippen LogP) is 1.94. The van der Waals surface area contributed by atoms with Crippen LogP contribution in [0.1, 0.15) is 26.0 Å². The minimum absolute atomic E-state index is 0.572. The van der Waals surface area contributed by atoms with Crippen molar-refractivity contribution < 1.29 is 0 Å². The van der Waals surface area contributed by atoms with Crippen LogP contribution >= 0.6 is 0 Å². The summed E-state index contributed by atoms with van der Waals surface area (Å²) in [6, 6.07) is 4.88. The molecule has 16 heavy (non-hydrogen) atoms. The molecule has 1 atom stereocenters. The first kappa shape index (κ1) is 13.3. The number of rotatable bonds is 7. The van der Waals surface area contributed by atoms with E-state index in [0.717, 1.165) is 19.6 Å². The van der Waals surface area contributed by atoms with E-state index in [0.29, 0.717) is 6.04 Å². The Kier molecular flexibility index (Phi) is 5.56. The van der Waals surface area contributed by atoms with E-state index in [-0.39, 0.29) is 0 Å². The third-order valence-electron chi connectivity index (χ3n) is 2.91. The Balaban J connectivity index is 2.28. The third kappa shape index (κ3) is 4.37. The van der Waals surface area contributed by atoms with Gasteiger partial charge in [-0.1, -0.05) is 0 Å². The molecule has 0 bridgehead atoms. The molecule has 0 aliphatic heterocycles. The Morgan fingerprint density at radius 3 is 2.81 bits per heavy atom. The van der Waals surface area contributed by atoms with Crippen LogP contribution in [0.5, 0.6) is 0 Å². The second kappa shape index (κ2) is 6.71. The Morgan fingerprint density at radius 1 is 1.44 bits per heavy atom. The van der Waals surface area contributed by atoms with Crippen LogP contribution in [0.25, 0.3) is 0 Å². The van der Waals surface area contributed by atoms with Crippen LogP contribution in [0.2, 0.25) is 0 Å². The lowest BCUT2D eigenvalue weighted by Crippen LogP contribution is -2.30. The zero-order valence-electron chi connectivity index (χ0n) is 11.0. The Hall–Kier alpha value is -0.800. The van der Waals surface area contributed by atoms with Gasteiger partial charge in [0.15, 0.2) is 0 Å². The molecule has 1 unspecified atom stereocenters. The topological polar surface area (TPSA) is 20.2 Å². The van der Waals surface area contributed by atoms with Crippen LogP contribution in [0.15, 0.2) is 18.3 Å². The van der Waals surface area contributed by atoms with Crippen molar-refractivity contribution in [2.45, 2.75) is 39.4 Å². The second-order valence-electron chi connectivity index (χ2n) is 4.66. The van der Waals surface area contributed by atoms with Crippen LogP contribution in [-0.2, 0) is 13.1 Å². The zero-order valence-corrected chi connectivity index (χ0v) is 11.0. The van der Waals surface area contributed by atoms with E-state index in [1.807, 2.05) is 0 Å². The highest BCUT2D eigenvalue weighted by atomic mass is 15.1. The average molecular weight is 223 g/mol. The van der Waals surface area contributed by atoms with Crippen molar-refractivity contribution in [3.63, 3.8) is 0 Å². The van der Waals surface area contributed by atoms with Gasteiger partial charge in [-0.05, 0) is 53.0 Å².